The quantitative estimate of drug-likeness (QED) is 0.770. The Morgan fingerprint density at radius 1 is 1.22 bits per heavy atom. The van der Waals surface area contributed by atoms with Gasteiger partial charge in [0, 0.05) is 11.6 Å². The van der Waals surface area contributed by atoms with Crippen LogP contribution in [0.15, 0.2) is 42.0 Å². The molecule has 3 aromatic rings. The van der Waals surface area contributed by atoms with E-state index < -0.39 is 0 Å². The van der Waals surface area contributed by atoms with E-state index >= 15 is 0 Å². The first-order valence-electron chi connectivity index (χ1n) is 5.25. The molecule has 0 aliphatic heterocycles. The number of hydrogen-bond donors (Lipinski definition) is 1. The SMILES string of the molecule is Nc1cn(-c2ccc(F)cc2)nc1-c1nccs1. The zero-order valence-electron chi connectivity index (χ0n) is 9.25. The highest BCUT2D eigenvalue weighted by Gasteiger charge is 2.11. The lowest BCUT2D eigenvalue weighted by molar-refractivity contribution is 0.627. The summed E-state index contributed by atoms with van der Waals surface area (Å²) in [4.78, 5) is 4.17. The predicted molar refractivity (Wildman–Crippen MR) is 69.0 cm³/mol. The molecule has 2 aromatic heterocycles. The summed E-state index contributed by atoms with van der Waals surface area (Å²) in [6.07, 6.45) is 3.40. The minimum Gasteiger partial charge on any atom is -0.396 e. The Balaban J connectivity index is 2.05. The highest BCUT2D eigenvalue weighted by Crippen LogP contribution is 2.26. The van der Waals surface area contributed by atoms with Gasteiger partial charge in [-0.3, -0.25) is 0 Å². The first-order valence-corrected chi connectivity index (χ1v) is 6.13. The molecular formula is C12H9FN4S. The second kappa shape index (κ2) is 4.23. The Morgan fingerprint density at radius 3 is 2.67 bits per heavy atom. The van der Waals surface area contributed by atoms with Crippen molar-refractivity contribution in [3.63, 3.8) is 0 Å². The third kappa shape index (κ3) is 1.86. The molecule has 0 aliphatic carbocycles. The monoisotopic (exact) mass is 260 g/mol. The van der Waals surface area contributed by atoms with E-state index in [1.165, 1.54) is 23.5 Å². The van der Waals surface area contributed by atoms with Gasteiger partial charge in [-0.05, 0) is 24.3 Å². The van der Waals surface area contributed by atoms with Crippen LogP contribution >= 0.6 is 11.3 Å². The Morgan fingerprint density at radius 2 is 2.00 bits per heavy atom. The van der Waals surface area contributed by atoms with Crippen molar-refractivity contribution in [1.82, 2.24) is 14.8 Å². The van der Waals surface area contributed by atoms with Crippen molar-refractivity contribution in [2.45, 2.75) is 0 Å². The van der Waals surface area contributed by atoms with E-state index in [-0.39, 0.29) is 5.82 Å². The molecule has 0 aliphatic rings. The van der Waals surface area contributed by atoms with Crippen LogP contribution in [0.5, 0.6) is 0 Å². The molecule has 1 aromatic carbocycles. The number of benzene rings is 1. The van der Waals surface area contributed by atoms with Gasteiger partial charge in [-0.25, -0.2) is 14.1 Å². The Hall–Kier alpha value is -2.21. The van der Waals surface area contributed by atoms with Crippen molar-refractivity contribution in [1.29, 1.82) is 0 Å². The molecule has 0 atom stereocenters. The first kappa shape index (κ1) is 10.9. The Labute approximate surface area is 107 Å². The van der Waals surface area contributed by atoms with E-state index in [1.54, 1.807) is 29.2 Å². The summed E-state index contributed by atoms with van der Waals surface area (Å²) < 4.78 is 14.5. The van der Waals surface area contributed by atoms with Gasteiger partial charge in [0.15, 0.2) is 0 Å². The van der Waals surface area contributed by atoms with Crippen molar-refractivity contribution in [3.05, 3.63) is 47.9 Å². The molecule has 0 unspecified atom stereocenters. The van der Waals surface area contributed by atoms with Gasteiger partial charge in [0.1, 0.15) is 16.5 Å². The summed E-state index contributed by atoms with van der Waals surface area (Å²) in [5, 5.41) is 7.01. The molecule has 0 saturated heterocycles. The maximum Gasteiger partial charge on any atom is 0.145 e. The molecule has 2 heterocycles. The van der Waals surface area contributed by atoms with E-state index in [0.717, 1.165) is 10.7 Å². The summed E-state index contributed by atoms with van der Waals surface area (Å²) in [5.41, 5.74) is 7.86. The molecule has 6 heteroatoms. The normalized spacial score (nSPS) is 10.7. The van der Waals surface area contributed by atoms with Crippen molar-refractivity contribution in [3.8, 4) is 16.4 Å². The van der Waals surface area contributed by atoms with Crippen LogP contribution in [0.3, 0.4) is 0 Å². The highest BCUT2D eigenvalue weighted by molar-refractivity contribution is 7.13. The first-order chi connectivity index (χ1) is 8.74. The average molecular weight is 260 g/mol. The second-order valence-corrected chi connectivity index (χ2v) is 4.59. The second-order valence-electron chi connectivity index (χ2n) is 3.69. The molecule has 0 bridgehead atoms. The number of aromatic nitrogens is 3. The lowest BCUT2D eigenvalue weighted by atomic mass is 10.3. The summed E-state index contributed by atoms with van der Waals surface area (Å²) in [6.45, 7) is 0. The summed E-state index contributed by atoms with van der Waals surface area (Å²) in [6, 6.07) is 6.06. The standard InChI is InChI=1S/C12H9FN4S/c13-8-1-3-9(4-2-8)17-7-10(14)11(16-17)12-15-5-6-18-12/h1-7H,14H2. The zero-order chi connectivity index (χ0) is 12.5. The number of nitrogen functional groups attached to an aromatic ring is 1. The largest absolute Gasteiger partial charge is 0.396 e. The zero-order valence-corrected chi connectivity index (χ0v) is 10.1. The summed E-state index contributed by atoms with van der Waals surface area (Å²) in [7, 11) is 0. The van der Waals surface area contributed by atoms with Gasteiger partial charge in [-0.15, -0.1) is 11.3 Å². The van der Waals surface area contributed by atoms with Gasteiger partial charge >= 0.3 is 0 Å². The molecule has 4 nitrogen and oxygen atoms in total. The molecule has 3 rings (SSSR count). The summed E-state index contributed by atoms with van der Waals surface area (Å²) >= 11 is 1.47. The maximum atomic E-state index is 12.8. The van der Waals surface area contributed by atoms with Crippen LogP contribution in [0.1, 0.15) is 0 Å². The van der Waals surface area contributed by atoms with Crippen molar-refractivity contribution >= 4 is 17.0 Å². The number of nitrogens with zero attached hydrogens (tertiary/aromatic N) is 3. The summed E-state index contributed by atoms with van der Waals surface area (Å²) in [5.74, 6) is -0.279. The fraction of sp³-hybridized carbons (Fsp3) is 0. The van der Waals surface area contributed by atoms with Crippen LogP contribution in [0, 0.1) is 5.82 Å². The van der Waals surface area contributed by atoms with E-state index in [2.05, 4.69) is 10.1 Å². The number of anilines is 1. The number of halogens is 1. The molecule has 0 saturated carbocycles. The number of nitrogens with two attached hydrogens (primary N) is 1. The highest BCUT2D eigenvalue weighted by atomic mass is 32.1. The molecular weight excluding hydrogens is 251 g/mol. The van der Waals surface area contributed by atoms with E-state index in [1.807, 2.05) is 5.38 Å². The average Bonchev–Trinajstić information content (AvgIpc) is 2.99. The number of hydrogen-bond acceptors (Lipinski definition) is 4. The lowest BCUT2D eigenvalue weighted by Gasteiger charge is -1.99. The molecule has 0 amide bonds. The Kier molecular flexibility index (Phi) is 2.56. The van der Waals surface area contributed by atoms with Crippen molar-refractivity contribution in [2.24, 2.45) is 0 Å². The van der Waals surface area contributed by atoms with Gasteiger partial charge in [-0.1, -0.05) is 0 Å². The van der Waals surface area contributed by atoms with Crippen LogP contribution in [-0.4, -0.2) is 14.8 Å². The fourth-order valence-corrected chi connectivity index (χ4v) is 2.26. The van der Waals surface area contributed by atoms with Gasteiger partial charge < -0.3 is 5.73 Å². The maximum absolute atomic E-state index is 12.8. The van der Waals surface area contributed by atoms with Gasteiger partial charge in [0.25, 0.3) is 0 Å². The van der Waals surface area contributed by atoms with Gasteiger partial charge in [0.2, 0.25) is 0 Å². The number of rotatable bonds is 2. The third-order valence-corrected chi connectivity index (χ3v) is 3.25. The Bertz CT molecular complexity index is 658. The predicted octanol–water partition coefficient (Wildman–Crippen LogP) is 2.72. The molecule has 90 valence electrons. The minimum atomic E-state index is -0.279. The smallest absolute Gasteiger partial charge is 0.145 e. The third-order valence-electron chi connectivity index (χ3n) is 2.47. The van der Waals surface area contributed by atoms with E-state index in [4.69, 9.17) is 5.73 Å². The van der Waals surface area contributed by atoms with Gasteiger partial charge in [-0.2, -0.15) is 5.10 Å². The topological polar surface area (TPSA) is 56.7 Å². The molecule has 0 fully saturated rings. The number of thiazole rings is 1. The van der Waals surface area contributed by atoms with Crippen LogP contribution in [0.2, 0.25) is 0 Å². The lowest BCUT2D eigenvalue weighted by Crippen LogP contribution is -1.94. The van der Waals surface area contributed by atoms with Crippen molar-refractivity contribution in [2.75, 3.05) is 5.73 Å². The van der Waals surface area contributed by atoms with Gasteiger partial charge in [0.05, 0.1) is 17.6 Å². The van der Waals surface area contributed by atoms with Crippen LogP contribution in [0.4, 0.5) is 10.1 Å². The van der Waals surface area contributed by atoms with Crippen LogP contribution in [-0.2, 0) is 0 Å². The van der Waals surface area contributed by atoms with Crippen LogP contribution in [0.25, 0.3) is 16.4 Å². The molecule has 0 spiro atoms. The molecule has 2 N–H and O–H groups in total. The van der Waals surface area contributed by atoms with E-state index in [9.17, 15) is 4.39 Å². The minimum absolute atomic E-state index is 0.279. The van der Waals surface area contributed by atoms with E-state index in [0.29, 0.717) is 11.4 Å². The molecule has 18 heavy (non-hydrogen) atoms. The van der Waals surface area contributed by atoms with Crippen molar-refractivity contribution < 1.29 is 4.39 Å². The molecule has 0 radical (unpaired) electrons. The van der Waals surface area contributed by atoms with Crippen LogP contribution < -0.4 is 5.73 Å². The fourth-order valence-electron chi connectivity index (χ4n) is 1.62.